The molecular formula is C18H21NO2. The summed E-state index contributed by atoms with van der Waals surface area (Å²) in [5.41, 5.74) is 7.35. The number of aryl methyl sites for hydroxylation is 4. The molecule has 0 aliphatic heterocycles. The summed E-state index contributed by atoms with van der Waals surface area (Å²) < 4.78 is 0. The van der Waals surface area contributed by atoms with Crippen molar-refractivity contribution in [3.8, 4) is 0 Å². The van der Waals surface area contributed by atoms with Crippen LogP contribution in [0.2, 0.25) is 0 Å². The molecule has 3 nitrogen and oxygen atoms in total. The molecule has 0 unspecified atom stereocenters. The zero-order valence-corrected chi connectivity index (χ0v) is 12.9. The molecule has 110 valence electrons. The quantitative estimate of drug-likeness (QED) is 0.882. The van der Waals surface area contributed by atoms with Gasteiger partial charge in [-0.2, -0.15) is 0 Å². The van der Waals surface area contributed by atoms with Gasteiger partial charge in [0.2, 0.25) is 0 Å². The third-order valence-corrected chi connectivity index (χ3v) is 3.89. The second-order valence-electron chi connectivity index (χ2n) is 5.55. The highest BCUT2D eigenvalue weighted by molar-refractivity contribution is 5.88. The van der Waals surface area contributed by atoms with Gasteiger partial charge in [-0.1, -0.05) is 12.1 Å². The fourth-order valence-corrected chi connectivity index (χ4v) is 2.40. The molecule has 2 N–H and O–H groups in total. The van der Waals surface area contributed by atoms with E-state index in [-0.39, 0.29) is 0 Å². The van der Waals surface area contributed by atoms with Crippen molar-refractivity contribution in [1.82, 2.24) is 0 Å². The Kier molecular flexibility index (Phi) is 4.32. The number of rotatable bonds is 4. The lowest BCUT2D eigenvalue weighted by Crippen LogP contribution is -2.05. The van der Waals surface area contributed by atoms with Gasteiger partial charge in [0.25, 0.3) is 0 Å². The van der Waals surface area contributed by atoms with E-state index in [0.29, 0.717) is 5.56 Å². The molecule has 21 heavy (non-hydrogen) atoms. The van der Waals surface area contributed by atoms with Crippen LogP contribution in [0.3, 0.4) is 0 Å². The summed E-state index contributed by atoms with van der Waals surface area (Å²) in [7, 11) is 0. The Bertz CT molecular complexity index is 690. The van der Waals surface area contributed by atoms with Gasteiger partial charge in [-0.25, -0.2) is 4.79 Å². The monoisotopic (exact) mass is 283 g/mol. The van der Waals surface area contributed by atoms with Crippen molar-refractivity contribution in [1.29, 1.82) is 0 Å². The maximum atomic E-state index is 10.9. The van der Waals surface area contributed by atoms with Gasteiger partial charge in [0, 0.05) is 12.2 Å². The van der Waals surface area contributed by atoms with Crippen molar-refractivity contribution in [2.75, 3.05) is 5.32 Å². The minimum Gasteiger partial charge on any atom is -0.478 e. The molecule has 0 aromatic heterocycles. The number of benzene rings is 2. The topological polar surface area (TPSA) is 49.3 Å². The zero-order valence-electron chi connectivity index (χ0n) is 12.9. The van der Waals surface area contributed by atoms with Crippen molar-refractivity contribution in [2.45, 2.75) is 34.2 Å². The van der Waals surface area contributed by atoms with Crippen molar-refractivity contribution in [2.24, 2.45) is 0 Å². The highest BCUT2D eigenvalue weighted by Crippen LogP contribution is 2.20. The molecule has 0 amide bonds. The molecule has 0 atom stereocenters. The summed E-state index contributed by atoms with van der Waals surface area (Å²) >= 11 is 0. The summed E-state index contributed by atoms with van der Waals surface area (Å²) in [6.45, 7) is 9.01. The number of carbonyl (C=O) groups is 1. The van der Waals surface area contributed by atoms with Crippen LogP contribution in [0.5, 0.6) is 0 Å². The fraction of sp³-hybridized carbons (Fsp3) is 0.278. The number of hydrogen-bond donors (Lipinski definition) is 2. The average molecular weight is 283 g/mol. The lowest BCUT2D eigenvalue weighted by atomic mass is 10.0. The molecule has 2 aromatic carbocycles. The standard InChI is InChI=1S/C18H21NO2/c1-11-7-13(3)16(8-12(11)2)10-19-17-6-5-15(18(20)21)9-14(17)4/h5-9,19H,10H2,1-4H3,(H,20,21). The van der Waals surface area contributed by atoms with Crippen LogP contribution in [-0.4, -0.2) is 11.1 Å². The summed E-state index contributed by atoms with van der Waals surface area (Å²) in [5.74, 6) is -0.894. The molecule has 2 rings (SSSR count). The van der Waals surface area contributed by atoms with Crippen LogP contribution >= 0.6 is 0 Å². The summed E-state index contributed by atoms with van der Waals surface area (Å²) in [6.07, 6.45) is 0. The van der Waals surface area contributed by atoms with E-state index in [4.69, 9.17) is 5.11 Å². The molecule has 2 aromatic rings. The Hall–Kier alpha value is -2.29. The van der Waals surface area contributed by atoms with Crippen LogP contribution in [0, 0.1) is 27.7 Å². The van der Waals surface area contributed by atoms with E-state index in [0.717, 1.165) is 17.8 Å². The minimum atomic E-state index is -0.894. The van der Waals surface area contributed by atoms with Crippen LogP contribution in [0.15, 0.2) is 30.3 Å². The molecule has 3 heteroatoms. The molecule has 0 saturated carbocycles. The first kappa shape index (κ1) is 15.1. The third kappa shape index (κ3) is 3.43. The SMILES string of the molecule is Cc1cc(C)c(CNc2ccc(C(=O)O)cc2C)cc1C. The van der Waals surface area contributed by atoms with Crippen molar-refractivity contribution in [3.05, 3.63) is 63.7 Å². The Balaban J connectivity index is 2.17. The van der Waals surface area contributed by atoms with Gasteiger partial charge >= 0.3 is 5.97 Å². The Morgan fingerprint density at radius 2 is 1.62 bits per heavy atom. The molecule has 0 heterocycles. The van der Waals surface area contributed by atoms with Gasteiger partial charge in [0.1, 0.15) is 0 Å². The second kappa shape index (κ2) is 6.00. The van der Waals surface area contributed by atoms with Crippen LogP contribution in [0.25, 0.3) is 0 Å². The van der Waals surface area contributed by atoms with Gasteiger partial charge in [-0.05, 0) is 73.7 Å². The summed E-state index contributed by atoms with van der Waals surface area (Å²) in [6, 6.07) is 9.56. The zero-order chi connectivity index (χ0) is 15.6. The third-order valence-electron chi connectivity index (χ3n) is 3.89. The van der Waals surface area contributed by atoms with E-state index in [1.807, 2.05) is 13.0 Å². The average Bonchev–Trinajstić information content (AvgIpc) is 2.42. The molecule has 0 bridgehead atoms. The fourth-order valence-electron chi connectivity index (χ4n) is 2.40. The lowest BCUT2D eigenvalue weighted by molar-refractivity contribution is 0.0697. The number of anilines is 1. The first-order valence-electron chi connectivity index (χ1n) is 7.03. The Morgan fingerprint density at radius 1 is 0.952 bits per heavy atom. The van der Waals surface area contributed by atoms with Crippen molar-refractivity contribution < 1.29 is 9.90 Å². The Morgan fingerprint density at radius 3 is 2.24 bits per heavy atom. The van der Waals surface area contributed by atoms with Crippen LogP contribution in [0.4, 0.5) is 5.69 Å². The van der Waals surface area contributed by atoms with Gasteiger partial charge in [-0.15, -0.1) is 0 Å². The van der Waals surface area contributed by atoms with E-state index in [1.165, 1.54) is 22.3 Å². The van der Waals surface area contributed by atoms with E-state index in [9.17, 15) is 4.79 Å². The predicted octanol–water partition coefficient (Wildman–Crippen LogP) is 4.23. The van der Waals surface area contributed by atoms with Crippen LogP contribution < -0.4 is 5.32 Å². The molecule has 0 saturated heterocycles. The largest absolute Gasteiger partial charge is 0.478 e. The maximum absolute atomic E-state index is 10.9. The van der Waals surface area contributed by atoms with Gasteiger partial charge in [-0.3, -0.25) is 0 Å². The normalized spacial score (nSPS) is 10.5. The van der Waals surface area contributed by atoms with E-state index in [2.05, 4.69) is 38.2 Å². The highest BCUT2D eigenvalue weighted by atomic mass is 16.4. The molecule has 0 fully saturated rings. The van der Waals surface area contributed by atoms with Crippen LogP contribution in [0.1, 0.15) is 38.2 Å². The molecule has 0 aliphatic carbocycles. The minimum absolute atomic E-state index is 0.320. The maximum Gasteiger partial charge on any atom is 0.335 e. The van der Waals surface area contributed by atoms with E-state index in [1.54, 1.807) is 12.1 Å². The summed E-state index contributed by atoms with van der Waals surface area (Å²) in [4.78, 5) is 10.9. The first-order chi connectivity index (χ1) is 9.88. The van der Waals surface area contributed by atoms with Gasteiger partial charge in [0.05, 0.1) is 5.56 Å². The first-order valence-corrected chi connectivity index (χ1v) is 7.03. The van der Waals surface area contributed by atoms with Crippen LogP contribution in [-0.2, 0) is 6.54 Å². The molecule has 0 aliphatic rings. The number of carboxylic acids is 1. The summed E-state index contributed by atoms with van der Waals surface area (Å²) in [5, 5.41) is 12.4. The number of nitrogens with one attached hydrogen (secondary N) is 1. The van der Waals surface area contributed by atoms with Gasteiger partial charge in [0.15, 0.2) is 0 Å². The number of hydrogen-bond acceptors (Lipinski definition) is 2. The highest BCUT2D eigenvalue weighted by Gasteiger charge is 2.07. The number of carboxylic acid groups (broad SMARTS) is 1. The predicted molar refractivity (Wildman–Crippen MR) is 86.1 cm³/mol. The van der Waals surface area contributed by atoms with Gasteiger partial charge < -0.3 is 10.4 Å². The second-order valence-corrected chi connectivity index (χ2v) is 5.55. The molecular weight excluding hydrogens is 262 g/mol. The smallest absolute Gasteiger partial charge is 0.335 e. The van der Waals surface area contributed by atoms with E-state index < -0.39 is 5.97 Å². The molecule has 0 spiro atoms. The molecule has 0 radical (unpaired) electrons. The van der Waals surface area contributed by atoms with E-state index >= 15 is 0 Å². The Labute approximate surface area is 125 Å². The lowest BCUT2D eigenvalue weighted by Gasteiger charge is -2.13. The van der Waals surface area contributed by atoms with Crippen molar-refractivity contribution in [3.63, 3.8) is 0 Å². The number of aromatic carboxylic acids is 1. The van der Waals surface area contributed by atoms with Crippen molar-refractivity contribution >= 4 is 11.7 Å².